The normalized spacial score (nSPS) is 23.2. The van der Waals surface area contributed by atoms with E-state index in [2.05, 4.69) is 57.5 Å². The third kappa shape index (κ3) is 5.86. The molecule has 2 fully saturated rings. The van der Waals surface area contributed by atoms with E-state index in [0.717, 1.165) is 50.8 Å². The Kier molecular flexibility index (Phi) is 7.59. The monoisotopic (exact) mass is 424 g/mol. The van der Waals surface area contributed by atoms with Crippen LogP contribution in [0.15, 0.2) is 47.7 Å². The number of nitrogens with one attached hydrogen (secondary N) is 1. The summed E-state index contributed by atoms with van der Waals surface area (Å²) in [5.41, 5.74) is 2.52. The van der Waals surface area contributed by atoms with E-state index in [-0.39, 0.29) is 6.10 Å². The lowest BCUT2D eigenvalue weighted by atomic mass is 10.0. The first-order valence-corrected chi connectivity index (χ1v) is 11.6. The van der Waals surface area contributed by atoms with Gasteiger partial charge in [0.25, 0.3) is 0 Å². The van der Waals surface area contributed by atoms with Gasteiger partial charge in [-0.3, -0.25) is 14.6 Å². The number of ether oxygens (including phenoxy) is 1. The van der Waals surface area contributed by atoms with Crippen molar-refractivity contribution in [3.63, 3.8) is 0 Å². The van der Waals surface area contributed by atoms with Crippen LogP contribution in [0, 0.1) is 0 Å². The Morgan fingerprint density at radius 1 is 1.23 bits per heavy atom. The van der Waals surface area contributed by atoms with E-state index in [1.54, 1.807) is 0 Å². The molecule has 7 nitrogen and oxygen atoms in total. The third-order valence-corrected chi connectivity index (χ3v) is 6.23. The van der Waals surface area contributed by atoms with Gasteiger partial charge in [0.2, 0.25) is 0 Å². The number of hydrogen-bond acceptors (Lipinski definition) is 4. The molecule has 2 atom stereocenters. The molecule has 0 bridgehead atoms. The number of hydrogen-bond donors (Lipinski definition) is 1. The number of rotatable bonds is 6. The van der Waals surface area contributed by atoms with E-state index < -0.39 is 0 Å². The Labute approximate surface area is 186 Å². The standard InChI is InChI=1S/C24H36N6O/c1-3-25-24(30-13-14-31-23(19-30)21-15-27-28(2)18-21)26-16-22-11-7-8-12-29(22)17-20-9-5-4-6-10-20/h4-6,9-10,15,18,22-23H,3,7-8,11-14,16-17,19H2,1-2H3,(H,25,26). The van der Waals surface area contributed by atoms with Crippen LogP contribution in [0.4, 0.5) is 0 Å². The summed E-state index contributed by atoms with van der Waals surface area (Å²) in [6, 6.07) is 11.3. The van der Waals surface area contributed by atoms with Gasteiger partial charge >= 0.3 is 0 Å². The van der Waals surface area contributed by atoms with Gasteiger partial charge in [-0.05, 0) is 31.9 Å². The Bertz CT molecular complexity index is 836. The second-order valence-corrected chi connectivity index (χ2v) is 8.55. The zero-order valence-corrected chi connectivity index (χ0v) is 18.9. The Balaban J connectivity index is 1.42. The fourth-order valence-corrected chi connectivity index (χ4v) is 4.56. The predicted molar refractivity (Wildman–Crippen MR) is 124 cm³/mol. The van der Waals surface area contributed by atoms with Crippen molar-refractivity contribution >= 4 is 5.96 Å². The number of aryl methyl sites for hydroxylation is 1. The van der Waals surface area contributed by atoms with Crippen LogP contribution >= 0.6 is 0 Å². The van der Waals surface area contributed by atoms with Gasteiger partial charge in [0, 0.05) is 44.5 Å². The molecule has 0 saturated carbocycles. The molecule has 2 saturated heterocycles. The molecule has 0 aliphatic carbocycles. The molecule has 1 aromatic heterocycles. The summed E-state index contributed by atoms with van der Waals surface area (Å²) < 4.78 is 7.86. The van der Waals surface area contributed by atoms with Crippen LogP contribution in [0.3, 0.4) is 0 Å². The topological polar surface area (TPSA) is 57.9 Å². The molecule has 2 aliphatic rings. The Morgan fingerprint density at radius 2 is 2.10 bits per heavy atom. The van der Waals surface area contributed by atoms with Crippen LogP contribution in [0.1, 0.15) is 43.4 Å². The van der Waals surface area contributed by atoms with Crippen LogP contribution in [0.2, 0.25) is 0 Å². The van der Waals surface area contributed by atoms with Gasteiger partial charge < -0.3 is 15.0 Å². The lowest BCUT2D eigenvalue weighted by molar-refractivity contribution is -0.00810. The highest BCUT2D eigenvalue weighted by Gasteiger charge is 2.26. The summed E-state index contributed by atoms with van der Waals surface area (Å²) in [7, 11) is 1.95. The van der Waals surface area contributed by atoms with E-state index >= 15 is 0 Å². The zero-order chi connectivity index (χ0) is 21.5. The lowest BCUT2D eigenvalue weighted by Crippen LogP contribution is -2.49. The van der Waals surface area contributed by atoms with Gasteiger partial charge in [-0.15, -0.1) is 0 Å². The Morgan fingerprint density at radius 3 is 2.87 bits per heavy atom. The molecule has 0 spiro atoms. The van der Waals surface area contributed by atoms with Crippen LogP contribution in [-0.4, -0.2) is 70.9 Å². The van der Waals surface area contributed by atoms with Crippen LogP contribution < -0.4 is 5.32 Å². The molecule has 1 aromatic carbocycles. The molecule has 2 unspecified atom stereocenters. The Hall–Kier alpha value is -2.38. The average Bonchev–Trinajstić information content (AvgIpc) is 3.25. The molecule has 31 heavy (non-hydrogen) atoms. The number of nitrogens with zero attached hydrogens (tertiary/aromatic N) is 5. The van der Waals surface area contributed by atoms with E-state index in [0.29, 0.717) is 12.6 Å². The van der Waals surface area contributed by atoms with E-state index in [1.165, 1.54) is 24.8 Å². The summed E-state index contributed by atoms with van der Waals surface area (Å²) in [6.07, 6.45) is 7.78. The largest absolute Gasteiger partial charge is 0.370 e. The fourth-order valence-electron chi connectivity index (χ4n) is 4.56. The molecule has 0 amide bonds. The van der Waals surface area contributed by atoms with Crippen molar-refractivity contribution in [1.82, 2.24) is 24.9 Å². The highest BCUT2D eigenvalue weighted by Crippen LogP contribution is 2.23. The van der Waals surface area contributed by atoms with Gasteiger partial charge in [0.05, 0.1) is 25.9 Å². The minimum atomic E-state index is 0.0376. The summed E-state index contributed by atoms with van der Waals surface area (Å²) in [5, 5.41) is 7.82. The SMILES string of the molecule is CCNC(=NCC1CCCCN1Cc1ccccc1)N1CCOC(c2cnn(C)c2)C1. The van der Waals surface area contributed by atoms with Crippen molar-refractivity contribution in [2.45, 2.75) is 44.9 Å². The van der Waals surface area contributed by atoms with Crippen molar-refractivity contribution < 1.29 is 4.74 Å². The van der Waals surface area contributed by atoms with Crippen LogP contribution in [0.5, 0.6) is 0 Å². The van der Waals surface area contributed by atoms with Crippen molar-refractivity contribution in [3.05, 3.63) is 53.9 Å². The highest BCUT2D eigenvalue weighted by molar-refractivity contribution is 5.80. The molecular formula is C24H36N6O. The van der Waals surface area contributed by atoms with E-state index in [9.17, 15) is 0 Å². The molecule has 2 aliphatic heterocycles. The first kappa shape index (κ1) is 21.8. The number of aliphatic imine (C=N–C) groups is 1. The second-order valence-electron chi connectivity index (χ2n) is 8.55. The van der Waals surface area contributed by atoms with Crippen molar-refractivity contribution in [2.24, 2.45) is 12.0 Å². The summed E-state index contributed by atoms with van der Waals surface area (Å²) in [6.45, 7) is 8.38. The second kappa shape index (κ2) is 10.8. The maximum atomic E-state index is 6.03. The smallest absolute Gasteiger partial charge is 0.194 e. The van der Waals surface area contributed by atoms with Crippen molar-refractivity contribution in [3.8, 4) is 0 Å². The van der Waals surface area contributed by atoms with Crippen LogP contribution in [0.25, 0.3) is 0 Å². The molecule has 1 N–H and O–H groups in total. The molecule has 3 heterocycles. The molecule has 168 valence electrons. The number of morpholine rings is 1. The van der Waals surface area contributed by atoms with Crippen molar-refractivity contribution in [1.29, 1.82) is 0 Å². The average molecular weight is 425 g/mol. The van der Waals surface area contributed by atoms with Gasteiger partial charge in [-0.1, -0.05) is 36.8 Å². The quantitative estimate of drug-likeness (QED) is 0.571. The molecule has 0 radical (unpaired) electrons. The van der Waals surface area contributed by atoms with E-state index in [4.69, 9.17) is 9.73 Å². The van der Waals surface area contributed by atoms with E-state index in [1.807, 2.05) is 24.1 Å². The molecule has 7 heteroatoms. The van der Waals surface area contributed by atoms with Crippen molar-refractivity contribution in [2.75, 3.05) is 39.3 Å². The first-order valence-electron chi connectivity index (χ1n) is 11.6. The molecular weight excluding hydrogens is 388 g/mol. The number of aromatic nitrogens is 2. The summed E-state index contributed by atoms with van der Waals surface area (Å²) in [4.78, 5) is 10.1. The van der Waals surface area contributed by atoms with Gasteiger partial charge in [0.15, 0.2) is 5.96 Å². The summed E-state index contributed by atoms with van der Waals surface area (Å²) in [5.74, 6) is 1.00. The molecule has 2 aromatic rings. The maximum absolute atomic E-state index is 6.03. The number of benzene rings is 1. The minimum Gasteiger partial charge on any atom is -0.370 e. The van der Waals surface area contributed by atoms with Gasteiger partial charge in [0.1, 0.15) is 6.10 Å². The number of likely N-dealkylation sites (tertiary alicyclic amines) is 1. The highest BCUT2D eigenvalue weighted by atomic mass is 16.5. The zero-order valence-electron chi connectivity index (χ0n) is 18.9. The first-order chi connectivity index (χ1) is 15.2. The lowest BCUT2D eigenvalue weighted by Gasteiger charge is -2.37. The predicted octanol–water partition coefficient (Wildman–Crippen LogP) is 2.81. The third-order valence-electron chi connectivity index (χ3n) is 6.23. The minimum absolute atomic E-state index is 0.0376. The summed E-state index contributed by atoms with van der Waals surface area (Å²) >= 11 is 0. The number of guanidine groups is 1. The fraction of sp³-hybridized carbons (Fsp3) is 0.583. The molecule has 4 rings (SSSR count). The maximum Gasteiger partial charge on any atom is 0.194 e. The van der Waals surface area contributed by atoms with Gasteiger partial charge in [-0.25, -0.2) is 0 Å². The number of piperidine rings is 1. The van der Waals surface area contributed by atoms with Gasteiger partial charge in [-0.2, -0.15) is 5.10 Å². The van der Waals surface area contributed by atoms with Crippen LogP contribution in [-0.2, 0) is 18.3 Å².